The minimum Gasteiger partial charge on any atom is -0.385 e. The number of aryl methyl sites for hydroxylation is 1. The molecule has 122 valence electrons. The molecule has 2 heterocycles. The minimum absolute atomic E-state index is 0.702. The van der Waals surface area contributed by atoms with Gasteiger partial charge in [-0.2, -0.15) is 0 Å². The smallest absolute Gasteiger partial charge is 0.163 e. The fourth-order valence-electron chi connectivity index (χ4n) is 2.38. The van der Waals surface area contributed by atoms with Crippen molar-refractivity contribution in [2.75, 3.05) is 23.7 Å². The van der Waals surface area contributed by atoms with E-state index in [1.807, 2.05) is 43.3 Å². The summed E-state index contributed by atoms with van der Waals surface area (Å²) in [6, 6.07) is 16.0. The largest absolute Gasteiger partial charge is 0.385 e. The predicted octanol–water partition coefficient (Wildman–Crippen LogP) is 3.76. The van der Waals surface area contributed by atoms with Crippen LogP contribution < -0.4 is 10.6 Å². The van der Waals surface area contributed by atoms with E-state index in [9.17, 15) is 0 Å². The Kier molecular flexibility index (Phi) is 5.35. The zero-order valence-corrected chi connectivity index (χ0v) is 13.7. The number of para-hydroxylation sites is 1. The summed E-state index contributed by atoms with van der Waals surface area (Å²) >= 11 is 0. The van der Waals surface area contributed by atoms with Crippen LogP contribution in [0.1, 0.15) is 12.1 Å². The number of anilines is 2. The lowest BCUT2D eigenvalue weighted by atomic mass is 10.2. The highest BCUT2D eigenvalue weighted by molar-refractivity contribution is 5.56. The van der Waals surface area contributed by atoms with E-state index in [0.29, 0.717) is 5.82 Å². The van der Waals surface area contributed by atoms with Gasteiger partial charge in [0.05, 0.1) is 0 Å². The number of nitrogens with zero attached hydrogens (tertiary/aromatic N) is 3. The van der Waals surface area contributed by atoms with Crippen molar-refractivity contribution in [2.45, 2.75) is 13.3 Å². The Balaban J connectivity index is 1.53. The molecule has 0 bridgehead atoms. The molecule has 0 saturated heterocycles. The van der Waals surface area contributed by atoms with Crippen molar-refractivity contribution in [1.82, 2.24) is 15.0 Å². The Morgan fingerprint density at radius 3 is 2.54 bits per heavy atom. The van der Waals surface area contributed by atoms with Gasteiger partial charge < -0.3 is 10.6 Å². The number of benzene rings is 1. The molecule has 0 saturated carbocycles. The minimum atomic E-state index is 0.702. The van der Waals surface area contributed by atoms with Gasteiger partial charge in [0.1, 0.15) is 5.82 Å². The van der Waals surface area contributed by atoms with Gasteiger partial charge in [0.2, 0.25) is 0 Å². The summed E-state index contributed by atoms with van der Waals surface area (Å²) in [6.07, 6.45) is 4.53. The van der Waals surface area contributed by atoms with E-state index in [1.54, 1.807) is 12.4 Å². The van der Waals surface area contributed by atoms with Crippen molar-refractivity contribution in [3.63, 3.8) is 0 Å². The van der Waals surface area contributed by atoms with Crippen LogP contribution in [0.25, 0.3) is 11.4 Å². The third-order valence-corrected chi connectivity index (χ3v) is 3.54. The molecular weight excluding hydrogens is 298 g/mol. The maximum absolute atomic E-state index is 4.58. The third-order valence-electron chi connectivity index (χ3n) is 3.54. The highest BCUT2D eigenvalue weighted by Crippen LogP contribution is 2.16. The summed E-state index contributed by atoms with van der Waals surface area (Å²) in [5.41, 5.74) is 3.01. The highest BCUT2D eigenvalue weighted by Gasteiger charge is 2.04. The number of hydrogen-bond donors (Lipinski definition) is 2. The molecule has 5 nitrogen and oxygen atoms in total. The number of nitrogens with one attached hydrogen (secondary N) is 2. The molecule has 0 aliphatic carbocycles. The molecule has 3 aromatic rings. The van der Waals surface area contributed by atoms with Crippen molar-refractivity contribution >= 4 is 11.5 Å². The first-order valence-corrected chi connectivity index (χ1v) is 8.10. The highest BCUT2D eigenvalue weighted by atomic mass is 15.0. The van der Waals surface area contributed by atoms with Crippen molar-refractivity contribution in [3.05, 3.63) is 66.6 Å². The summed E-state index contributed by atoms with van der Waals surface area (Å²) in [5.74, 6) is 1.55. The van der Waals surface area contributed by atoms with Crippen LogP contribution in [0.5, 0.6) is 0 Å². The molecule has 0 unspecified atom stereocenters. The molecule has 1 aromatic carbocycles. The Morgan fingerprint density at radius 2 is 1.75 bits per heavy atom. The quantitative estimate of drug-likeness (QED) is 0.649. The van der Waals surface area contributed by atoms with Gasteiger partial charge in [0.25, 0.3) is 0 Å². The third kappa shape index (κ3) is 4.52. The van der Waals surface area contributed by atoms with Gasteiger partial charge in [-0.15, -0.1) is 0 Å². The van der Waals surface area contributed by atoms with Gasteiger partial charge in [0, 0.05) is 48.5 Å². The van der Waals surface area contributed by atoms with Crippen LogP contribution in [-0.2, 0) is 0 Å². The summed E-state index contributed by atoms with van der Waals surface area (Å²) < 4.78 is 0. The van der Waals surface area contributed by atoms with Gasteiger partial charge in [-0.1, -0.05) is 18.2 Å². The zero-order valence-electron chi connectivity index (χ0n) is 13.7. The first kappa shape index (κ1) is 15.9. The van der Waals surface area contributed by atoms with Crippen LogP contribution in [0.3, 0.4) is 0 Å². The maximum atomic E-state index is 4.58. The molecule has 0 aliphatic heterocycles. The van der Waals surface area contributed by atoms with Crippen LogP contribution in [0.2, 0.25) is 0 Å². The first-order valence-electron chi connectivity index (χ1n) is 8.10. The molecule has 0 spiro atoms. The molecule has 0 amide bonds. The fourth-order valence-corrected chi connectivity index (χ4v) is 2.38. The molecule has 0 aliphatic rings. The van der Waals surface area contributed by atoms with E-state index in [4.69, 9.17) is 0 Å². The second-order valence-corrected chi connectivity index (χ2v) is 5.53. The van der Waals surface area contributed by atoms with Crippen LogP contribution in [0.4, 0.5) is 11.5 Å². The van der Waals surface area contributed by atoms with Gasteiger partial charge in [-0.25, -0.2) is 9.97 Å². The van der Waals surface area contributed by atoms with Gasteiger partial charge in [0.15, 0.2) is 5.82 Å². The Hall–Kier alpha value is -2.95. The standard InChI is InChI=1S/C19H21N5/c1-15-13-18(24-19(23-15)16-7-5-10-20-14-16)22-12-6-11-21-17-8-3-2-4-9-17/h2-5,7-10,13-14,21H,6,11-12H2,1H3,(H,22,23,24). The van der Waals surface area contributed by atoms with Crippen LogP contribution in [0.15, 0.2) is 60.9 Å². The summed E-state index contributed by atoms with van der Waals surface area (Å²) in [7, 11) is 0. The molecule has 2 N–H and O–H groups in total. The molecular formula is C19H21N5. The number of rotatable bonds is 7. The Morgan fingerprint density at radius 1 is 0.917 bits per heavy atom. The molecule has 24 heavy (non-hydrogen) atoms. The van der Waals surface area contributed by atoms with Crippen LogP contribution >= 0.6 is 0 Å². The normalized spacial score (nSPS) is 10.4. The number of aromatic nitrogens is 3. The van der Waals surface area contributed by atoms with E-state index in [-0.39, 0.29) is 0 Å². The van der Waals surface area contributed by atoms with Crippen molar-refractivity contribution < 1.29 is 0 Å². The molecule has 5 heteroatoms. The van der Waals surface area contributed by atoms with Gasteiger partial charge >= 0.3 is 0 Å². The summed E-state index contributed by atoms with van der Waals surface area (Å²) in [6.45, 7) is 3.74. The Labute approximate surface area is 142 Å². The first-order chi connectivity index (χ1) is 11.8. The fraction of sp³-hybridized carbons (Fsp3) is 0.211. The summed E-state index contributed by atoms with van der Waals surface area (Å²) in [4.78, 5) is 13.2. The topological polar surface area (TPSA) is 62.7 Å². The Bertz CT molecular complexity index is 759. The molecule has 2 aromatic heterocycles. The van der Waals surface area contributed by atoms with Gasteiger partial charge in [-0.05, 0) is 37.6 Å². The van der Waals surface area contributed by atoms with E-state index in [0.717, 1.165) is 42.3 Å². The lowest BCUT2D eigenvalue weighted by molar-refractivity contribution is 0.901. The average molecular weight is 319 g/mol. The van der Waals surface area contributed by atoms with Crippen molar-refractivity contribution in [3.8, 4) is 11.4 Å². The maximum Gasteiger partial charge on any atom is 0.163 e. The van der Waals surface area contributed by atoms with Gasteiger partial charge in [-0.3, -0.25) is 4.98 Å². The molecule has 0 fully saturated rings. The average Bonchev–Trinajstić information content (AvgIpc) is 2.63. The zero-order chi connectivity index (χ0) is 16.6. The van der Waals surface area contributed by atoms with E-state index in [1.165, 1.54) is 0 Å². The van der Waals surface area contributed by atoms with E-state index >= 15 is 0 Å². The lowest BCUT2D eigenvalue weighted by Gasteiger charge is -2.09. The summed E-state index contributed by atoms with van der Waals surface area (Å²) in [5, 5.41) is 6.77. The molecule has 0 radical (unpaired) electrons. The molecule has 3 rings (SSSR count). The SMILES string of the molecule is Cc1cc(NCCCNc2ccccc2)nc(-c2cccnc2)n1. The lowest BCUT2D eigenvalue weighted by Crippen LogP contribution is -2.10. The number of hydrogen-bond acceptors (Lipinski definition) is 5. The second-order valence-electron chi connectivity index (χ2n) is 5.53. The number of pyridine rings is 1. The van der Waals surface area contributed by atoms with Crippen molar-refractivity contribution in [2.24, 2.45) is 0 Å². The molecule has 0 atom stereocenters. The van der Waals surface area contributed by atoms with E-state index in [2.05, 4.69) is 37.7 Å². The van der Waals surface area contributed by atoms with Crippen molar-refractivity contribution in [1.29, 1.82) is 0 Å². The van der Waals surface area contributed by atoms with Crippen LogP contribution in [0, 0.1) is 6.92 Å². The van der Waals surface area contributed by atoms with Crippen LogP contribution in [-0.4, -0.2) is 28.0 Å². The predicted molar refractivity (Wildman–Crippen MR) is 98.0 cm³/mol. The monoisotopic (exact) mass is 319 g/mol. The van der Waals surface area contributed by atoms with E-state index < -0.39 is 0 Å². The second kappa shape index (κ2) is 8.06.